The predicted octanol–water partition coefficient (Wildman–Crippen LogP) is 4.22. The van der Waals surface area contributed by atoms with E-state index in [-0.39, 0.29) is 17.9 Å². The molecule has 2 heterocycles. The number of thiophene rings is 1. The third-order valence-corrected chi connectivity index (χ3v) is 8.26. The number of carbonyl (C=O) groups excluding carboxylic acids is 1. The van der Waals surface area contributed by atoms with Crippen LogP contribution in [0.4, 0.5) is 0 Å². The standard InChI is InChI=1S/C22H24N2O3S2/c1-15(2)23-22(25)21-20(18-10-6-7-11-19(18)28-21)16-12-13-24(14-16)29(26,27)17-8-4-3-5-9-17/h3-11,15-16H,12-14H2,1-2H3,(H,23,25)/t16-/m0/s1. The van der Waals surface area contributed by atoms with E-state index in [1.165, 1.54) is 11.3 Å². The SMILES string of the molecule is CC(C)NC(=O)c1sc2ccccc2c1[C@H]1CCN(S(=O)(=O)c2ccccc2)C1. The number of rotatable bonds is 5. The molecule has 0 radical (unpaired) electrons. The van der Waals surface area contributed by atoms with E-state index in [1.807, 2.05) is 44.2 Å². The maximum absolute atomic E-state index is 13.0. The van der Waals surface area contributed by atoms with Crippen LogP contribution in [0.3, 0.4) is 0 Å². The summed E-state index contributed by atoms with van der Waals surface area (Å²) in [6.07, 6.45) is 0.703. The molecule has 7 heteroatoms. The zero-order valence-electron chi connectivity index (χ0n) is 16.5. The number of carbonyl (C=O) groups is 1. The molecule has 1 amide bonds. The summed E-state index contributed by atoms with van der Waals surface area (Å²) in [5.74, 6) is -0.0851. The Labute approximate surface area is 175 Å². The molecule has 0 unspecified atom stereocenters. The molecular weight excluding hydrogens is 404 g/mol. The lowest BCUT2D eigenvalue weighted by Crippen LogP contribution is -2.31. The van der Waals surface area contributed by atoms with E-state index in [4.69, 9.17) is 0 Å². The van der Waals surface area contributed by atoms with Gasteiger partial charge in [-0.15, -0.1) is 11.3 Å². The molecule has 5 nitrogen and oxygen atoms in total. The van der Waals surface area contributed by atoms with Crippen molar-refractivity contribution >= 4 is 37.4 Å². The second kappa shape index (κ2) is 7.89. The average Bonchev–Trinajstić information content (AvgIpc) is 3.33. The molecule has 0 saturated carbocycles. The summed E-state index contributed by atoms with van der Waals surface area (Å²) >= 11 is 1.49. The lowest BCUT2D eigenvalue weighted by Gasteiger charge is -2.17. The Balaban J connectivity index is 1.70. The monoisotopic (exact) mass is 428 g/mol. The Bertz CT molecular complexity index is 1140. The quantitative estimate of drug-likeness (QED) is 0.662. The van der Waals surface area contributed by atoms with Crippen LogP contribution in [-0.2, 0) is 10.0 Å². The van der Waals surface area contributed by atoms with Crippen LogP contribution in [0.2, 0.25) is 0 Å². The molecule has 0 spiro atoms. The van der Waals surface area contributed by atoms with Gasteiger partial charge in [0.1, 0.15) is 0 Å². The number of sulfonamides is 1. The first-order chi connectivity index (χ1) is 13.9. The Kier molecular flexibility index (Phi) is 5.46. The summed E-state index contributed by atoms with van der Waals surface area (Å²) in [6.45, 7) is 4.72. The Morgan fingerprint density at radius 2 is 1.79 bits per heavy atom. The van der Waals surface area contributed by atoms with E-state index in [0.717, 1.165) is 15.6 Å². The van der Waals surface area contributed by atoms with Crippen LogP contribution in [0, 0.1) is 0 Å². The second-order valence-electron chi connectivity index (χ2n) is 7.63. The van der Waals surface area contributed by atoms with Crippen LogP contribution < -0.4 is 5.32 Å². The van der Waals surface area contributed by atoms with E-state index < -0.39 is 10.0 Å². The van der Waals surface area contributed by atoms with Crippen molar-refractivity contribution in [1.82, 2.24) is 9.62 Å². The van der Waals surface area contributed by atoms with Crippen molar-refractivity contribution in [2.45, 2.75) is 37.1 Å². The molecule has 1 N–H and O–H groups in total. The lowest BCUT2D eigenvalue weighted by atomic mass is 9.95. The van der Waals surface area contributed by atoms with Crippen molar-refractivity contribution in [1.29, 1.82) is 0 Å². The molecule has 0 aliphatic carbocycles. The summed E-state index contributed by atoms with van der Waals surface area (Å²) in [5, 5.41) is 4.04. The van der Waals surface area contributed by atoms with Gasteiger partial charge in [0.25, 0.3) is 5.91 Å². The first-order valence-electron chi connectivity index (χ1n) is 9.75. The molecule has 1 aliphatic rings. The van der Waals surface area contributed by atoms with Crippen LogP contribution >= 0.6 is 11.3 Å². The molecule has 3 aromatic rings. The van der Waals surface area contributed by atoms with Crippen molar-refractivity contribution in [3.63, 3.8) is 0 Å². The normalized spacial score (nSPS) is 17.8. The van der Waals surface area contributed by atoms with E-state index in [1.54, 1.807) is 28.6 Å². The van der Waals surface area contributed by atoms with E-state index in [9.17, 15) is 13.2 Å². The van der Waals surface area contributed by atoms with Gasteiger partial charge >= 0.3 is 0 Å². The van der Waals surface area contributed by atoms with Crippen LogP contribution in [0.5, 0.6) is 0 Å². The molecule has 1 fully saturated rings. The molecule has 1 aromatic heterocycles. The summed E-state index contributed by atoms with van der Waals surface area (Å²) in [7, 11) is -3.53. The number of nitrogens with zero attached hydrogens (tertiary/aromatic N) is 1. The van der Waals surface area contributed by atoms with Gasteiger partial charge in [0.05, 0.1) is 9.77 Å². The minimum absolute atomic E-state index is 0.00227. The second-order valence-corrected chi connectivity index (χ2v) is 10.6. The maximum Gasteiger partial charge on any atom is 0.261 e. The van der Waals surface area contributed by atoms with Crippen LogP contribution in [0.15, 0.2) is 59.5 Å². The number of benzene rings is 2. The van der Waals surface area contributed by atoms with Gasteiger partial charge in [-0.3, -0.25) is 4.79 Å². The minimum atomic E-state index is -3.53. The van der Waals surface area contributed by atoms with Crippen molar-refractivity contribution in [2.24, 2.45) is 0 Å². The fraction of sp³-hybridized carbons (Fsp3) is 0.318. The molecule has 0 bridgehead atoms. The third kappa shape index (κ3) is 3.82. The number of hydrogen-bond donors (Lipinski definition) is 1. The molecule has 152 valence electrons. The molecular formula is C22H24N2O3S2. The number of amides is 1. The van der Waals surface area contributed by atoms with Gasteiger partial charge in [-0.2, -0.15) is 4.31 Å². The van der Waals surface area contributed by atoms with Crippen molar-refractivity contribution in [3.8, 4) is 0 Å². The Morgan fingerprint density at radius 1 is 1.10 bits per heavy atom. The molecule has 29 heavy (non-hydrogen) atoms. The topological polar surface area (TPSA) is 66.5 Å². The highest BCUT2D eigenvalue weighted by Crippen LogP contribution is 2.41. The van der Waals surface area contributed by atoms with Crippen LogP contribution in [0.25, 0.3) is 10.1 Å². The van der Waals surface area contributed by atoms with Crippen LogP contribution in [0.1, 0.15) is 41.4 Å². The minimum Gasteiger partial charge on any atom is -0.349 e. The first-order valence-corrected chi connectivity index (χ1v) is 12.0. The van der Waals surface area contributed by atoms with E-state index in [0.29, 0.717) is 29.3 Å². The van der Waals surface area contributed by atoms with Crippen molar-refractivity contribution < 1.29 is 13.2 Å². The smallest absolute Gasteiger partial charge is 0.261 e. The average molecular weight is 429 g/mol. The fourth-order valence-corrected chi connectivity index (χ4v) is 6.60. The molecule has 1 atom stereocenters. The van der Waals surface area contributed by atoms with Gasteiger partial charge in [-0.25, -0.2) is 8.42 Å². The number of fused-ring (bicyclic) bond motifs is 1. The summed E-state index contributed by atoms with van der Waals surface area (Å²) < 4.78 is 28.7. The van der Waals surface area contributed by atoms with Crippen molar-refractivity contribution in [2.75, 3.05) is 13.1 Å². The highest BCUT2D eigenvalue weighted by Gasteiger charge is 2.36. The van der Waals surface area contributed by atoms with E-state index in [2.05, 4.69) is 5.32 Å². The van der Waals surface area contributed by atoms with Gasteiger partial charge in [0, 0.05) is 29.7 Å². The maximum atomic E-state index is 13.0. The van der Waals surface area contributed by atoms with Gasteiger partial charge in [-0.05, 0) is 49.4 Å². The van der Waals surface area contributed by atoms with Crippen LogP contribution in [-0.4, -0.2) is 37.8 Å². The number of nitrogens with one attached hydrogen (secondary N) is 1. The largest absolute Gasteiger partial charge is 0.349 e. The third-order valence-electron chi connectivity index (χ3n) is 5.20. The van der Waals surface area contributed by atoms with Crippen molar-refractivity contribution in [3.05, 3.63) is 65.0 Å². The summed E-state index contributed by atoms with van der Waals surface area (Å²) in [5.41, 5.74) is 0.981. The zero-order chi connectivity index (χ0) is 20.6. The summed E-state index contributed by atoms with van der Waals surface area (Å²) in [6, 6.07) is 16.6. The zero-order valence-corrected chi connectivity index (χ0v) is 18.1. The van der Waals surface area contributed by atoms with Gasteiger partial charge in [0.2, 0.25) is 10.0 Å². The number of hydrogen-bond acceptors (Lipinski definition) is 4. The molecule has 1 aliphatic heterocycles. The van der Waals surface area contributed by atoms with Gasteiger partial charge < -0.3 is 5.32 Å². The van der Waals surface area contributed by atoms with Gasteiger partial charge in [0.15, 0.2) is 0 Å². The molecule has 4 rings (SSSR count). The van der Waals surface area contributed by atoms with E-state index >= 15 is 0 Å². The fourth-order valence-electron chi connectivity index (χ4n) is 3.89. The summed E-state index contributed by atoms with van der Waals surface area (Å²) in [4.78, 5) is 13.9. The first kappa shape index (κ1) is 20.1. The Morgan fingerprint density at radius 3 is 2.52 bits per heavy atom. The van der Waals surface area contributed by atoms with Gasteiger partial charge in [-0.1, -0.05) is 36.4 Å². The molecule has 2 aromatic carbocycles. The Hall–Kier alpha value is -2.22. The highest BCUT2D eigenvalue weighted by atomic mass is 32.2. The lowest BCUT2D eigenvalue weighted by molar-refractivity contribution is 0.0946. The molecule has 1 saturated heterocycles. The highest BCUT2D eigenvalue weighted by molar-refractivity contribution is 7.89. The predicted molar refractivity (Wildman–Crippen MR) is 117 cm³/mol.